The number of hydrogen-bond acceptors (Lipinski definition) is 7. The summed E-state index contributed by atoms with van der Waals surface area (Å²) in [6, 6.07) is 8.06. The van der Waals surface area contributed by atoms with Crippen molar-refractivity contribution in [3.8, 4) is 17.0 Å². The zero-order valence-corrected chi connectivity index (χ0v) is 22.1. The van der Waals surface area contributed by atoms with Gasteiger partial charge in [-0.25, -0.2) is 9.71 Å². The molecular weight excluding hydrogens is 490 g/mol. The summed E-state index contributed by atoms with van der Waals surface area (Å²) in [7, 11) is 5.85. The van der Waals surface area contributed by atoms with Gasteiger partial charge in [0.15, 0.2) is 0 Å². The van der Waals surface area contributed by atoms with Crippen molar-refractivity contribution in [2.24, 2.45) is 0 Å². The SMILES string of the molecule is CN(C)CCCOc1ncc(-c2ccc3ncc4c(c3c2)C2(CC2)C(=O)N4C)cc1C1(NS(=O)[O-])CC1. The van der Waals surface area contributed by atoms with Crippen LogP contribution in [0, 0.1) is 0 Å². The van der Waals surface area contributed by atoms with Crippen molar-refractivity contribution < 1.29 is 18.3 Å². The molecule has 9 nitrogen and oxygen atoms in total. The number of aromatic nitrogens is 2. The number of nitrogens with one attached hydrogen (secondary N) is 1. The highest BCUT2D eigenvalue weighted by atomic mass is 32.2. The minimum absolute atomic E-state index is 0.147. The monoisotopic (exact) mass is 520 g/mol. The van der Waals surface area contributed by atoms with Crippen molar-refractivity contribution in [3.05, 3.63) is 47.8 Å². The molecule has 0 bridgehead atoms. The number of nitrogens with zero attached hydrogens (tertiary/aromatic N) is 4. The topological polar surface area (TPSA) is 111 Å². The second-order valence-electron chi connectivity index (χ2n) is 10.7. The van der Waals surface area contributed by atoms with E-state index < -0.39 is 22.2 Å². The molecule has 2 aromatic heterocycles. The summed E-state index contributed by atoms with van der Waals surface area (Å²) in [6.45, 7) is 1.38. The zero-order valence-electron chi connectivity index (χ0n) is 21.2. The minimum atomic E-state index is -2.41. The average Bonchev–Trinajstić information content (AvgIpc) is 3.80. The first kappa shape index (κ1) is 24.4. The van der Waals surface area contributed by atoms with Crippen molar-refractivity contribution in [1.29, 1.82) is 0 Å². The Morgan fingerprint density at radius 3 is 2.59 bits per heavy atom. The number of carbonyl (C=O) groups excluding carboxylic acids is 1. The van der Waals surface area contributed by atoms with E-state index in [9.17, 15) is 13.6 Å². The van der Waals surface area contributed by atoms with Gasteiger partial charge in [-0.1, -0.05) is 6.07 Å². The van der Waals surface area contributed by atoms with E-state index in [-0.39, 0.29) is 5.91 Å². The van der Waals surface area contributed by atoms with E-state index in [4.69, 9.17) is 4.74 Å². The number of hydrogen-bond donors (Lipinski definition) is 1. The lowest BCUT2D eigenvalue weighted by Gasteiger charge is -2.22. The van der Waals surface area contributed by atoms with Crippen LogP contribution in [0.2, 0.25) is 0 Å². The van der Waals surface area contributed by atoms with E-state index in [0.717, 1.165) is 64.7 Å². The second-order valence-corrected chi connectivity index (χ2v) is 11.4. The van der Waals surface area contributed by atoms with Crippen molar-refractivity contribution in [3.63, 3.8) is 0 Å². The molecular formula is C27H30N5O4S-. The molecule has 1 N–H and O–H groups in total. The molecule has 1 unspecified atom stereocenters. The van der Waals surface area contributed by atoms with Gasteiger partial charge in [0, 0.05) is 53.1 Å². The summed E-state index contributed by atoms with van der Waals surface area (Å²) < 4.78 is 31.9. The fourth-order valence-electron chi connectivity index (χ4n) is 5.57. The smallest absolute Gasteiger partial charge is 0.237 e. The van der Waals surface area contributed by atoms with Crippen LogP contribution in [0.4, 0.5) is 5.69 Å². The van der Waals surface area contributed by atoms with Crippen LogP contribution in [-0.2, 0) is 27.0 Å². The summed E-state index contributed by atoms with van der Waals surface area (Å²) in [4.78, 5) is 26.1. The summed E-state index contributed by atoms with van der Waals surface area (Å²) in [5.74, 6) is 0.611. The maximum atomic E-state index is 13.0. The molecule has 194 valence electrons. The maximum Gasteiger partial charge on any atom is 0.237 e. The normalized spacial score (nSPS) is 19.5. The van der Waals surface area contributed by atoms with E-state index in [0.29, 0.717) is 25.3 Å². The Hall–Kier alpha value is -2.92. The molecule has 1 aromatic carbocycles. The lowest BCUT2D eigenvalue weighted by molar-refractivity contribution is -0.119. The zero-order chi connectivity index (χ0) is 25.9. The minimum Gasteiger partial charge on any atom is -0.760 e. The average molecular weight is 521 g/mol. The Labute approximate surface area is 218 Å². The maximum absolute atomic E-state index is 13.0. The quantitative estimate of drug-likeness (QED) is 0.341. The second kappa shape index (κ2) is 8.83. The Morgan fingerprint density at radius 2 is 1.92 bits per heavy atom. The van der Waals surface area contributed by atoms with Crippen molar-refractivity contribution in [2.75, 3.05) is 39.2 Å². The van der Waals surface area contributed by atoms with Gasteiger partial charge in [0.25, 0.3) is 0 Å². The Morgan fingerprint density at radius 1 is 1.14 bits per heavy atom. The van der Waals surface area contributed by atoms with Crippen LogP contribution in [-0.4, -0.2) is 63.8 Å². The van der Waals surface area contributed by atoms with E-state index in [1.807, 2.05) is 39.3 Å². The highest BCUT2D eigenvalue weighted by molar-refractivity contribution is 7.77. The molecule has 0 radical (unpaired) electrons. The fourth-order valence-corrected chi connectivity index (χ4v) is 6.21. The molecule has 3 heterocycles. The van der Waals surface area contributed by atoms with Gasteiger partial charge in [-0.15, -0.1) is 0 Å². The lowest BCUT2D eigenvalue weighted by atomic mass is 9.92. The summed E-state index contributed by atoms with van der Waals surface area (Å²) >= 11 is -2.41. The molecule has 3 aliphatic rings. The summed E-state index contributed by atoms with van der Waals surface area (Å²) in [5.41, 5.74) is 4.25. The molecule has 2 fully saturated rings. The molecule has 2 saturated carbocycles. The Balaban J connectivity index is 1.40. The Kier molecular flexibility index (Phi) is 5.83. The summed E-state index contributed by atoms with van der Waals surface area (Å²) in [6.07, 6.45) is 7.50. The van der Waals surface area contributed by atoms with Gasteiger partial charge in [-0.2, -0.15) is 0 Å². The molecule has 0 saturated heterocycles. The molecule has 37 heavy (non-hydrogen) atoms. The number of anilines is 1. The molecule has 10 heteroatoms. The first-order valence-electron chi connectivity index (χ1n) is 12.6. The third-order valence-electron chi connectivity index (χ3n) is 7.87. The van der Waals surface area contributed by atoms with Gasteiger partial charge in [0.2, 0.25) is 11.8 Å². The van der Waals surface area contributed by atoms with Crippen LogP contribution in [0.3, 0.4) is 0 Å². The molecule has 3 aromatic rings. The number of amides is 1. The number of ether oxygens (including phenoxy) is 1. The lowest BCUT2D eigenvalue weighted by Crippen LogP contribution is -2.31. The standard InChI is InChI=1S/C27H31N5O4S/c1-31(2)11-4-12-36-24-20(27(9-10-27)30-37(34)35)14-18(15-29-24)17-5-6-21-19(13-17)23-22(16-28-21)32(3)25(33)26(23)7-8-26/h5-6,13-16,30H,4,7-12H2,1-3H3,(H,34,35)/p-1. The fraction of sp³-hybridized carbons (Fsp3) is 0.444. The first-order chi connectivity index (χ1) is 17.7. The third kappa shape index (κ3) is 4.12. The van der Waals surface area contributed by atoms with Crippen molar-refractivity contribution in [1.82, 2.24) is 19.6 Å². The van der Waals surface area contributed by atoms with Crippen LogP contribution < -0.4 is 14.4 Å². The number of likely N-dealkylation sites (N-methyl/N-ethyl adjacent to an activating group) is 1. The van der Waals surface area contributed by atoms with Crippen LogP contribution in [0.15, 0.2) is 36.7 Å². The molecule has 2 aliphatic carbocycles. The number of fused-ring (bicyclic) bond motifs is 4. The number of benzene rings is 1. The molecule has 1 amide bonds. The van der Waals surface area contributed by atoms with Gasteiger partial charge in [-0.05, 0) is 70.0 Å². The predicted molar refractivity (Wildman–Crippen MR) is 141 cm³/mol. The van der Waals surface area contributed by atoms with E-state index in [1.54, 1.807) is 17.3 Å². The molecule has 1 aliphatic heterocycles. The molecule has 1 spiro atoms. The number of carbonyl (C=O) groups is 1. The third-order valence-corrected chi connectivity index (χ3v) is 8.43. The van der Waals surface area contributed by atoms with Crippen LogP contribution in [0.5, 0.6) is 5.88 Å². The van der Waals surface area contributed by atoms with Gasteiger partial charge in [0.05, 0.1) is 35.0 Å². The highest BCUT2D eigenvalue weighted by Crippen LogP contribution is 2.59. The van der Waals surface area contributed by atoms with Gasteiger partial charge < -0.3 is 19.1 Å². The number of rotatable bonds is 9. The number of pyridine rings is 2. The van der Waals surface area contributed by atoms with Crippen LogP contribution in [0.1, 0.15) is 43.2 Å². The largest absolute Gasteiger partial charge is 0.760 e. The Bertz CT molecular complexity index is 1430. The van der Waals surface area contributed by atoms with E-state index in [1.165, 1.54) is 0 Å². The van der Waals surface area contributed by atoms with Crippen LogP contribution in [0.25, 0.3) is 22.0 Å². The van der Waals surface area contributed by atoms with Gasteiger partial charge in [-0.3, -0.25) is 14.0 Å². The van der Waals surface area contributed by atoms with Gasteiger partial charge >= 0.3 is 0 Å². The highest BCUT2D eigenvalue weighted by Gasteiger charge is 2.59. The van der Waals surface area contributed by atoms with Gasteiger partial charge in [0.1, 0.15) is 0 Å². The first-order valence-corrected chi connectivity index (χ1v) is 13.7. The van der Waals surface area contributed by atoms with Crippen molar-refractivity contribution >= 4 is 33.8 Å². The molecule has 1 atom stereocenters. The van der Waals surface area contributed by atoms with E-state index in [2.05, 4.69) is 25.7 Å². The van der Waals surface area contributed by atoms with Crippen LogP contribution >= 0.6 is 0 Å². The van der Waals surface area contributed by atoms with E-state index >= 15 is 0 Å². The summed E-state index contributed by atoms with van der Waals surface area (Å²) in [5, 5.41) is 0.982. The van der Waals surface area contributed by atoms with Crippen molar-refractivity contribution in [2.45, 2.75) is 43.1 Å². The molecule has 6 rings (SSSR count). The predicted octanol–water partition coefficient (Wildman–Crippen LogP) is 3.01.